The van der Waals surface area contributed by atoms with Gasteiger partial charge in [-0.15, -0.1) is 0 Å². The van der Waals surface area contributed by atoms with Gasteiger partial charge in [-0.05, 0) is 46.6 Å². The lowest BCUT2D eigenvalue weighted by Crippen LogP contribution is -2.43. The van der Waals surface area contributed by atoms with Crippen LogP contribution in [-0.4, -0.2) is 50.6 Å². The summed E-state index contributed by atoms with van der Waals surface area (Å²) in [4.78, 5) is 35.7. The average molecular weight is 505 g/mol. The number of carbonyl (C=O) groups is 3. The summed E-state index contributed by atoms with van der Waals surface area (Å²) in [6.45, 7) is 1.89. The number of nitrogens with zero attached hydrogens (tertiary/aromatic N) is 3. The minimum atomic E-state index is -1.33. The number of anilines is 1. The van der Waals surface area contributed by atoms with Gasteiger partial charge in [0.1, 0.15) is 17.5 Å². The molecule has 1 unspecified atom stereocenters. The summed E-state index contributed by atoms with van der Waals surface area (Å²) in [5.41, 5.74) is 4.09. The van der Waals surface area contributed by atoms with E-state index in [1.54, 1.807) is 24.1 Å². The number of rotatable bonds is 8. The Morgan fingerprint density at radius 2 is 1.94 bits per heavy atom. The Kier molecular flexibility index (Phi) is 7.15. The van der Waals surface area contributed by atoms with E-state index in [2.05, 4.69) is 31.8 Å². The summed E-state index contributed by atoms with van der Waals surface area (Å²) >= 11 is 3.29. The summed E-state index contributed by atoms with van der Waals surface area (Å²) in [5.74, 6) is -0.363. The maximum atomic E-state index is 12.8. The Balaban J connectivity index is 1.67. The Morgan fingerprint density at radius 3 is 2.59 bits per heavy atom. The lowest BCUT2D eigenvalue weighted by Gasteiger charge is -2.15. The van der Waals surface area contributed by atoms with Gasteiger partial charge in [-0.2, -0.15) is 5.10 Å². The van der Waals surface area contributed by atoms with E-state index < -0.39 is 23.9 Å². The largest absolute Gasteiger partial charge is 0.497 e. The third-order valence-electron chi connectivity index (χ3n) is 4.41. The second kappa shape index (κ2) is 10.0. The number of nitrogens with one attached hydrogen (secondary N) is 3. The highest BCUT2D eigenvalue weighted by Gasteiger charge is 2.21. The van der Waals surface area contributed by atoms with Gasteiger partial charge in [0.2, 0.25) is 0 Å². The molecule has 0 bridgehead atoms. The van der Waals surface area contributed by atoms with Crippen LogP contribution in [-0.2, 0) is 11.3 Å². The molecular formula is C20H21BrN6O5. The minimum absolute atomic E-state index is 0.128. The molecule has 12 heteroatoms. The molecule has 1 atom stereocenters. The van der Waals surface area contributed by atoms with Crippen LogP contribution in [0.5, 0.6) is 5.75 Å². The van der Waals surface area contributed by atoms with Crippen LogP contribution in [0.1, 0.15) is 23.0 Å². The number of halogens is 1. The molecule has 3 rings (SSSR count). The van der Waals surface area contributed by atoms with E-state index >= 15 is 0 Å². The fraction of sp³-hybridized carbons (Fsp3) is 0.200. The Morgan fingerprint density at radius 1 is 1.22 bits per heavy atom. The van der Waals surface area contributed by atoms with Gasteiger partial charge in [0, 0.05) is 12.4 Å². The number of hydrogen-bond donors (Lipinski definition) is 4. The van der Waals surface area contributed by atoms with Crippen LogP contribution in [0.2, 0.25) is 0 Å². The van der Waals surface area contributed by atoms with E-state index in [1.165, 1.54) is 24.0 Å². The molecule has 0 aliphatic carbocycles. The minimum Gasteiger partial charge on any atom is -0.497 e. The summed E-state index contributed by atoms with van der Waals surface area (Å²) in [6.07, 6.45) is 3.34. The SMILES string of the molecule is COc1ccc(Cn2cc(NC(=O)c3c(Br)ccn3NC(=O)C(C)NC(=O)O)cn2)cc1. The molecule has 0 saturated carbocycles. The van der Waals surface area contributed by atoms with Crippen LogP contribution >= 0.6 is 15.9 Å². The van der Waals surface area contributed by atoms with Crippen molar-refractivity contribution in [3.05, 3.63) is 64.7 Å². The first-order valence-electron chi connectivity index (χ1n) is 9.40. The molecule has 0 radical (unpaired) electrons. The Labute approximate surface area is 191 Å². The normalized spacial score (nSPS) is 11.5. The van der Waals surface area contributed by atoms with E-state index in [0.29, 0.717) is 16.7 Å². The molecule has 11 nitrogen and oxygen atoms in total. The summed E-state index contributed by atoms with van der Waals surface area (Å²) in [5, 5.41) is 17.8. The number of benzene rings is 1. The zero-order chi connectivity index (χ0) is 23.3. The molecule has 2 aromatic heterocycles. The molecule has 2 heterocycles. The number of methoxy groups -OCH3 is 1. The van der Waals surface area contributed by atoms with Crippen LogP contribution in [0, 0.1) is 0 Å². The first kappa shape index (κ1) is 22.9. The van der Waals surface area contributed by atoms with Crippen molar-refractivity contribution >= 4 is 39.5 Å². The monoisotopic (exact) mass is 504 g/mol. The average Bonchev–Trinajstić information content (AvgIpc) is 3.33. The zero-order valence-corrected chi connectivity index (χ0v) is 18.8. The Bertz CT molecular complexity index is 1120. The number of carbonyl (C=O) groups excluding carboxylic acids is 2. The van der Waals surface area contributed by atoms with Crippen molar-refractivity contribution in [1.29, 1.82) is 0 Å². The van der Waals surface area contributed by atoms with Crippen molar-refractivity contribution in [1.82, 2.24) is 19.8 Å². The second-order valence-electron chi connectivity index (χ2n) is 6.76. The van der Waals surface area contributed by atoms with Gasteiger partial charge in [0.25, 0.3) is 11.8 Å². The quantitative estimate of drug-likeness (QED) is 0.371. The highest BCUT2D eigenvalue weighted by molar-refractivity contribution is 9.10. The number of carboxylic acid groups (broad SMARTS) is 1. The first-order valence-corrected chi connectivity index (χ1v) is 10.2. The van der Waals surface area contributed by atoms with Gasteiger partial charge in [0.15, 0.2) is 0 Å². The van der Waals surface area contributed by atoms with Crippen LogP contribution in [0.25, 0.3) is 0 Å². The maximum Gasteiger partial charge on any atom is 0.405 e. The highest BCUT2D eigenvalue weighted by Crippen LogP contribution is 2.19. The number of ether oxygens (including phenoxy) is 1. The molecule has 0 aliphatic rings. The molecule has 3 amide bonds. The molecule has 32 heavy (non-hydrogen) atoms. The molecule has 3 aromatic rings. The number of amides is 3. The lowest BCUT2D eigenvalue weighted by molar-refractivity contribution is -0.118. The van der Waals surface area contributed by atoms with Crippen molar-refractivity contribution in [3.8, 4) is 5.75 Å². The number of hydrogen-bond acceptors (Lipinski definition) is 5. The van der Waals surface area contributed by atoms with Crippen molar-refractivity contribution < 1.29 is 24.2 Å². The molecule has 0 fully saturated rings. The van der Waals surface area contributed by atoms with Gasteiger partial charge in [-0.1, -0.05) is 12.1 Å². The summed E-state index contributed by atoms with van der Waals surface area (Å²) in [7, 11) is 1.60. The first-order chi connectivity index (χ1) is 15.3. The fourth-order valence-corrected chi connectivity index (χ4v) is 3.30. The topological polar surface area (TPSA) is 140 Å². The maximum absolute atomic E-state index is 12.8. The van der Waals surface area contributed by atoms with Gasteiger partial charge in [0.05, 0.1) is 30.0 Å². The van der Waals surface area contributed by atoms with Crippen molar-refractivity contribution in [2.75, 3.05) is 17.9 Å². The van der Waals surface area contributed by atoms with E-state index in [4.69, 9.17) is 9.84 Å². The van der Waals surface area contributed by atoms with E-state index in [-0.39, 0.29) is 5.69 Å². The Hall–Kier alpha value is -3.80. The van der Waals surface area contributed by atoms with Crippen molar-refractivity contribution in [2.24, 2.45) is 0 Å². The van der Waals surface area contributed by atoms with Crippen LogP contribution in [0.15, 0.2) is 53.4 Å². The summed E-state index contributed by atoms with van der Waals surface area (Å²) in [6, 6.07) is 8.12. The molecule has 4 N–H and O–H groups in total. The standard InChI is InChI=1S/C20H21BrN6O5/c1-12(23-20(30)31)18(28)25-27-8-7-16(21)17(27)19(29)24-14-9-22-26(11-14)10-13-3-5-15(32-2)6-4-13/h3-9,11-12,23H,10H2,1-2H3,(H,24,29)(H,25,28)(H,30,31). The zero-order valence-electron chi connectivity index (χ0n) is 17.2. The van der Waals surface area contributed by atoms with Gasteiger partial charge >= 0.3 is 6.09 Å². The smallest absolute Gasteiger partial charge is 0.405 e. The van der Waals surface area contributed by atoms with Crippen molar-refractivity contribution in [3.63, 3.8) is 0 Å². The molecule has 168 valence electrons. The number of aromatic nitrogens is 3. The third kappa shape index (κ3) is 5.66. The van der Waals surface area contributed by atoms with Crippen LogP contribution in [0.3, 0.4) is 0 Å². The van der Waals surface area contributed by atoms with Crippen LogP contribution < -0.4 is 20.8 Å². The lowest BCUT2D eigenvalue weighted by atomic mass is 10.2. The van der Waals surface area contributed by atoms with Gasteiger partial charge in [-0.3, -0.25) is 24.4 Å². The van der Waals surface area contributed by atoms with Gasteiger partial charge < -0.3 is 20.5 Å². The van der Waals surface area contributed by atoms with Gasteiger partial charge in [-0.25, -0.2) is 4.79 Å². The third-order valence-corrected chi connectivity index (χ3v) is 5.05. The van der Waals surface area contributed by atoms with E-state index in [1.807, 2.05) is 29.6 Å². The molecular weight excluding hydrogens is 484 g/mol. The molecule has 0 aliphatic heterocycles. The predicted octanol–water partition coefficient (Wildman–Crippen LogP) is 2.48. The summed E-state index contributed by atoms with van der Waals surface area (Å²) < 4.78 is 8.47. The second-order valence-corrected chi connectivity index (χ2v) is 7.61. The predicted molar refractivity (Wildman–Crippen MR) is 119 cm³/mol. The van der Waals surface area contributed by atoms with E-state index in [9.17, 15) is 14.4 Å². The fourth-order valence-electron chi connectivity index (χ4n) is 2.81. The molecule has 0 spiro atoms. The van der Waals surface area contributed by atoms with E-state index in [0.717, 1.165) is 11.3 Å². The molecule has 1 aromatic carbocycles. The molecule has 0 saturated heterocycles. The van der Waals surface area contributed by atoms with Crippen LogP contribution in [0.4, 0.5) is 10.5 Å². The highest BCUT2D eigenvalue weighted by atomic mass is 79.9. The van der Waals surface area contributed by atoms with Crippen molar-refractivity contribution in [2.45, 2.75) is 19.5 Å².